The molecule has 1 aromatic carbocycles. The van der Waals surface area contributed by atoms with Gasteiger partial charge in [0.15, 0.2) is 0 Å². The smallest absolute Gasteiger partial charge is 0.123 e. The van der Waals surface area contributed by atoms with E-state index in [9.17, 15) is 5.11 Å². The van der Waals surface area contributed by atoms with E-state index in [1.807, 2.05) is 0 Å². The Morgan fingerprint density at radius 3 is 3.15 bits per heavy atom. The molecule has 0 aromatic heterocycles. The van der Waals surface area contributed by atoms with Crippen molar-refractivity contribution < 1.29 is 9.84 Å². The summed E-state index contributed by atoms with van der Waals surface area (Å²) in [4.78, 5) is 0. The van der Waals surface area contributed by atoms with Gasteiger partial charge in [0.2, 0.25) is 0 Å². The van der Waals surface area contributed by atoms with Gasteiger partial charge in [-0.15, -0.1) is 0 Å². The van der Waals surface area contributed by atoms with Crippen LogP contribution in [0.15, 0.2) is 18.2 Å². The van der Waals surface area contributed by atoms with Gasteiger partial charge in [0.05, 0.1) is 6.61 Å². The van der Waals surface area contributed by atoms with Crippen molar-refractivity contribution in [1.29, 1.82) is 0 Å². The highest BCUT2D eigenvalue weighted by molar-refractivity contribution is 5.43. The Labute approximate surface area is 77.1 Å². The van der Waals surface area contributed by atoms with Crippen LogP contribution in [-0.4, -0.2) is 18.3 Å². The number of fused-ring (bicyclic) bond motifs is 1. The molecule has 1 unspecified atom stereocenters. The summed E-state index contributed by atoms with van der Waals surface area (Å²) >= 11 is 0. The van der Waals surface area contributed by atoms with E-state index in [0.717, 1.165) is 24.3 Å². The molecule has 0 radical (unpaired) electrons. The largest absolute Gasteiger partial charge is 0.508 e. The second-order valence-electron chi connectivity index (χ2n) is 3.29. The first-order chi connectivity index (χ1) is 6.31. The molecule has 70 valence electrons. The van der Waals surface area contributed by atoms with Crippen LogP contribution >= 0.6 is 0 Å². The van der Waals surface area contributed by atoms with Gasteiger partial charge in [-0.25, -0.2) is 0 Å². The van der Waals surface area contributed by atoms with Crippen molar-refractivity contribution >= 4 is 0 Å². The molecule has 3 N–H and O–H groups in total. The third kappa shape index (κ3) is 1.47. The fraction of sp³-hybridized carbons (Fsp3) is 0.400. The number of nitrogens with two attached hydrogens (primary N) is 1. The number of hydrogen-bond donors (Lipinski definition) is 2. The van der Waals surface area contributed by atoms with Crippen LogP contribution in [0.25, 0.3) is 0 Å². The van der Waals surface area contributed by atoms with Gasteiger partial charge >= 0.3 is 0 Å². The van der Waals surface area contributed by atoms with Crippen molar-refractivity contribution in [3.05, 3.63) is 23.8 Å². The molecule has 2 rings (SSSR count). The molecule has 0 bridgehead atoms. The molecular formula is C10H13NO2. The van der Waals surface area contributed by atoms with Crippen molar-refractivity contribution in [3.8, 4) is 11.5 Å². The van der Waals surface area contributed by atoms with E-state index in [4.69, 9.17) is 10.5 Å². The average Bonchev–Trinajstić information content (AvgIpc) is 2.17. The standard InChI is InChI=1S/C10H13NO2/c11-6-7-3-4-13-10-2-1-8(12)5-9(7)10/h1-2,5,7,12H,3-4,6,11H2. The van der Waals surface area contributed by atoms with Gasteiger partial charge in [0.1, 0.15) is 11.5 Å². The third-order valence-corrected chi connectivity index (χ3v) is 2.44. The summed E-state index contributed by atoms with van der Waals surface area (Å²) in [5.74, 6) is 1.47. The van der Waals surface area contributed by atoms with E-state index < -0.39 is 0 Å². The molecule has 0 aliphatic carbocycles. The van der Waals surface area contributed by atoms with Gasteiger partial charge in [-0.1, -0.05) is 0 Å². The first-order valence-corrected chi connectivity index (χ1v) is 4.47. The number of phenolic OH excluding ortho intramolecular Hbond substituents is 1. The Hall–Kier alpha value is -1.22. The van der Waals surface area contributed by atoms with E-state index in [1.54, 1.807) is 18.2 Å². The van der Waals surface area contributed by atoms with Crippen LogP contribution in [0.2, 0.25) is 0 Å². The molecule has 1 atom stereocenters. The Balaban J connectivity index is 2.41. The van der Waals surface area contributed by atoms with Crippen molar-refractivity contribution in [2.24, 2.45) is 5.73 Å². The van der Waals surface area contributed by atoms with Gasteiger partial charge in [0.25, 0.3) is 0 Å². The maximum absolute atomic E-state index is 9.31. The molecule has 1 aliphatic rings. The summed E-state index contributed by atoms with van der Waals surface area (Å²) in [5.41, 5.74) is 6.67. The van der Waals surface area contributed by atoms with Crippen LogP contribution in [0.4, 0.5) is 0 Å². The van der Waals surface area contributed by atoms with Crippen molar-refractivity contribution in [2.75, 3.05) is 13.2 Å². The highest BCUT2D eigenvalue weighted by Gasteiger charge is 2.20. The van der Waals surface area contributed by atoms with E-state index in [2.05, 4.69) is 0 Å². The molecule has 0 fully saturated rings. The van der Waals surface area contributed by atoms with Gasteiger partial charge < -0.3 is 15.6 Å². The first-order valence-electron chi connectivity index (χ1n) is 4.47. The Bertz CT molecular complexity index is 312. The topological polar surface area (TPSA) is 55.5 Å². The highest BCUT2D eigenvalue weighted by Crippen LogP contribution is 2.34. The van der Waals surface area contributed by atoms with Crippen LogP contribution in [0.1, 0.15) is 17.9 Å². The fourth-order valence-corrected chi connectivity index (χ4v) is 1.70. The molecule has 1 heterocycles. The lowest BCUT2D eigenvalue weighted by molar-refractivity contribution is 0.268. The number of rotatable bonds is 1. The number of aromatic hydroxyl groups is 1. The molecule has 1 aliphatic heterocycles. The van der Waals surface area contributed by atoms with Gasteiger partial charge in [0, 0.05) is 11.5 Å². The van der Waals surface area contributed by atoms with Crippen LogP contribution in [-0.2, 0) is 0 Å². The summed E-state index contributed by atoms with van der Waals surface area (Å²) in [6, 6.07) is 5.18. The second-order valence-corrected chi connectivity index (χ2v) is 3.29. The highest BCUT2D eigenvalue weighted by atomic mass is 16.5. The van der Waals surface area contributed by atoms with E-state index in [0.29, 0.717) is 12.5 Å². The zero-order valence-electron chi connectivity index (χ0n) is 7.36. The Kier molecular flexibility index (Phi) is 2.10. The minimum absolute atomic E-state index is 0.280. The molecule has 0 saturated carbocycles. The third-order valence-electron chi connectivity index (χ3n) is 2.44. The SMILES string of the molecule is NCC1CCOc2ccc(O)cc21. The van der Waals surface area contributed by atoms with Crippen LogP contribution in [0.5, 0.6) is 11.5 Å². The quantitative estimate of drug-likeness (QED) is 0.681. The van der Waals surface area contributed by atoms with Crippen molar-refractivity contribution in [2.45, 2.75) is 12.3 Å². The van der Waals surface area contributed by atoms with Gasteiger partial charge in [-0.2, -0.15) is 0 Å². The predicted molar refractivity (Wildman–Crippen MR) is 50.0 cm³/mol. The summed E-state index contributed by atoms with van der Waals surface area (Å²) < 4.78 is 5.44. The summed E-state index contributed by atoms with van der Waals surface area (Å²) in [5, 5.41) is 9.31. The maximum atomic E-state index is 9.31. The number of hydrogen-bond acceptors (Lipinski definition) is 3. The minimum atomic E-state index is 0.280. The van der Waals surface area contributed by atoms with Gasteiger partial charge in [-0.3, -0.25) is 0 Å². The fourth-order valence-electron chi connectivity index (χ4n) is 1.70. The summed E-state index contributed by atoms with van der Waals surface area (Å²) in [6.07, 6.45) is 0.937. The second kappa shape index (κ2) is 3.26. The number of ether oxygens (including phenoxy) is 1. The number of benzene rings is 1. The number of phenols is 1. The van der Waals surface area contributed by atoms with Gasteiger partial charge in [-0.05, 0) is 31.2 Å². The molecule has 0 spiro atoms. The molecular weight excluding hydrogens is 166 g/mol. The van der Waals surface area contributed by atoms with Crippen LogP contribution in [0, 0.1) is 0 Å². The Morgan fingerprint density at radius 2 is 2.38 bits per heavy atom. The molecule has 3 nitrogen and oxygen atoms in total. The maximum Gasteiger partial charge on any atom is 0.123 e. The lowest BCUT2D eigenvalue weighted by Crippen LogP contribution is -2.20. The molecule has 13 heavy (non-hydrogen) atoms. The predicted octanol–water partition coefficient (Wildman–Crippen LogP) is 1.22. The lowest BCUT2D eigenvalue weighted by atomic mass is 9.93. The van der Waals surface area contributed by atoms with Crippen LogP contribution in [0.3, 0.4) is 0 Å². The molecule has 0 amide bonds. The first kappa shape index (κ1) is 8.38. The average molecular weight is 179 g/mol. The summed E-state index contributed by atoms with van der Waals surface area (Å²) in [7, 11) is 0. The van der Waals surface area contributed by atoms with Crippen molar-refractivity contribution in [1.82, 2.24) is 0 Å². The van der Waals surface area contributed by atoms with Crippen molar-refractivity contribution in [3.63, 3.8) is 0 Å². The Morgan fingerprint density at radius 1 is 1.54 bits per heavy atom. The zero-order valence-corrected chi connectivity index (χ0v) is 7.36. The molecule has 1 aromatic rings. The minimum Gasteiger partial charge on any atom is -0.508 e. The van der Waals surface area contributed by atoms with E-state index >= 15 is 0 Å². The van der Waals surface area contributed by atoms with E-state index in [1.165, 1.54) is 0 Å². The summed E-state index contributed by atoms with van der Waals surface area (Å²) in [6.45, 7) is 1.33. The van der Waals surface area contributed by atoms with Crippen LogP contribution < -0.4 is 10.5 Å². The monoisotopic (exact) mass is 179 g/mol. The molecule has 0 saturated heterocycles. The normalized spacial score (nSPS) is 20.5. The van der Waals surface area contributed by atoms with E-state index in [-0.39, 0.29) is 5.75 Å². The lowest BCUT2D eigenvalue weighted by Gasteiger charge is -2.24. The molecule has 3 heteroatoms. The zero-order chi connectivity index (χ0) is 9.26.